The molecule has 0 spiro atoms. The smallest absolute Gasteiger partial charge is 0.273 e. The van der Waals surface area contributed by atoms with E-state index in [1.54, 1.807) is 11.6 Å². The van der Waals surface area contributed by atoms with Crippen molar-refractivity contribution in [1.82, 2.24) is 14.6 Å². The SMILES string of the molecule is CN=C/C(Nc1cc(NC)n2ncc(C3CC3)c2n1)=C(\N)C(=O)Nc1ccc(N(C)C)cc1. The number of carbonyl (C=O) groups excluding carboxylic acids is 1. The Bertz CT molecular complexity index is 1220. The molecule has 1 saturated carbocycles. The van der Waals surface area contributed by atoms with Crippen molar-refractivity contribution in [3.05, 3.63) is 53.5 Å². The lowest BCUT2D eigenvalue weighted by Crippen LogP contribution is -2.25. The summed E-state index contributed by atoms with van der Waals surface area (Å²) in [4.78, 5) is 23.6. The molecule has 1 amide bonds. The lowest BCUT2D eigenvalue weighted by Gasteiger charge is -2.14. The van der Waals surface area contributed by atoms with E-state index < -0.39 is 5.91 Å². The van der Waals surface area contributed by atoms with Crippen LogP contribution in [-0.4, -0.2) is 54.9 Å². The molecule has 0 aliphatic heterocycles. The van der Waals surface area contributed by atoms with Crippen LogP contribution < -0.4 is 26.6 Å². The third kappa shape index (κ3) is 4.74. The van der Waals surface area contributed by atoms with E-state index in [0.29, 0.717) is 23.1 Å². The van der Waals surface area contributed by atoms with Gasteiger partial charge in [-0.1, -0.05) is 0 Å². The molecule has 2 aromatic heterocycles. The predicted molar refractivity (Wildman–Crippen MR) is 133 cm³/mol. The van der Waals surface area contributed by atoms with Crippen LogP contribution >= 0.6 is 0 Å². The molecule has 5 N–H and O–H groups in total. The minimum absolute atomic E-state index is 0.000825. The van der Waals surface area contributed by atoms with Gasteiger partial charge >= 0.3 is 0 Å². The van der Waals surface area contributed by atoms with Gasteiger partial charge in [-0.25, -0.2) is 4.98 Å². The van der Waals surface area contributed by atoms with Gasteiger partial charge in [0.25, 0.3) is 5.91 Å². The number of nitrogens with one attached hydrogen (secondary N) is 3. The molecule has 0 radical (unpaired) electrons. The van der Waals surface area contributed by atoms with Crippen molar-refractivity contribution in [2.45, 2.75) is 18.8 Å². The number of rotatable bonds is 8. The van der Waals surface area contributed by atoms with E-state index in [1.165, 1.54) is 6.21 Å². The van der Waals surface area contributed by atoms with Gasteiger partial charge in [-0.2, -0.15) is 9.61 Å². The summed E-state index contributed by atoms with van der Waals surface area (Å²) in [6.45, 7) is 0. The van der Waals surface area contributed by atoms with Gasteiger partial charge in [0.05, 0.1) is 11.9 Å². The van der Waals surface area contributed by atoms with Crippen LogP contribution in [0.4, 0.5) is 23.0 Å². The van der Waals surface area contributed by atoms with Crippen molar-refractivity contribution in [2.75, 3.05) is 49.0 Å². The van der Waals surface area contributed by atoms with Crippen LogP contribution in [0.3, 0.4) is 0 Å². The highest BCUT2D eigenvalue weighted by Gasteiger charge is 2.28. The van der Waals surface area contributed by atoms with Crippen LogP contribution in [0.25, 0.3) is 5.65 Å². The van der Waals surface area contributed by atoms with Gasteiger partial charge in [0.1, 0.15) is 17.3 Å². The number of carbonyl (C=O) groups is 1. The molecule has 0 saturated heterocycles. The Morgan fingerprint density at radius 3 is 2.58 bits per heavy atom. The Labute approximate surface area is 192 Å². The van der Waals surface area contributed by atoms with Crippen LogP contribution in [0, 0.1) is 0 Å². The number of allylic oxidation sites excluding steroid dienone is 1. The number of anilines is 4. The Hall–Kier alpha value is -4.08. The third-order valence-corrected chi connectivity index (χ3v) is 5.47. The van der Waals surface area contributed by atoms with E-state index in [2.05, 4.69) is 26.0 Å². The molecule has 0 unspecified atom stereocenters. The number of benzene rings is 1. The van der Waals surface area contributed by atoms with Crippen LogP contribution in [0.2, 0.25) is 0 Å². The standard InChI is InChI=1S/C23H29N9O/c1-25-13-18(21(24)23(33)28-15-7-9-16(10-8-15)31(3)4)29-19-11-20(26-2)32-22(30-19)17(12-27-32)14-5-6-14/h7-14,26H,5-6,24H2,1-4H3,(H,28,33)(H,29,30)/b21-18+,25-13?. The monoisotopic (exact) mass is 447 g/mol. The number of amides is 1. The molecule has 33 heavy (non-hydrogen) atoms. The molecule has 3 aromatic rings. The summed E-state index contributed by atoms with van der Waals surface area (Å²) in [5.41, 5.74) is 10.2. The minimum Gasteiger partial charge on any atom is -0.393 e. The first-order chi connectivity index (χ1) is 15.9. The highest BCUT2D eigenvalue weighted by atomic mass is 16.2. The average Bonchev–Trinajstić information content (AvgIpc) is 3.57. The molecule has 10 heteroatoms. The Balaban J connectivity index is 1.61. The summed E-state index contributed by atoms with van der Waals surface area (Å²) in [5, 5.41) is 13.6. The van der Waals surface area contributed by atoms with Crippen molar-refractivity contribution < 1.29 is 4.79 Å². The summed E-state index contributed by atoms with van der Waals surface area (Å²) in [7, 11) is 7.35. The molecule has 0 bridgehead atoms. The normalized spacial score (nSPS) is 14.3. The quantitative estimate of drug-likeness (QED) is 0.309. The highest BCUT2D eigenvalue weighted by Crippen LogP contribution is 2.42. The van der Waals surface area contributed by atoms with Gasteiger partial charge in [-0.15, -0.1) is 0 Å². The number of aromatic nitrogens is 3. The van der Waals surface area contributed by atoms with Crippen molar-refractivity contribution in [2.24, 2.45) is 10.7 Å². The van der Waals surface area contributed by atoms with Gasteiger partial charge in [-0.05, 0) is 43.0 Å². The number of hydrogen-bond acceptors (Lipinski definition) is 8. The fourth-order valence-electron chi connectivity index (χ4n) is 3.50. The molecule has 172 valence electrons. The first-order valence-electron chi connectivity index (χ1n) is 10.8. The van der Waals surface area contributed by atoms with Crippen molar-refractivity contribution in [3.8, 4) is 0 Å². The largest absolute Gasteiger partial charge is 0.393 e. The molecule has 1 fully saturated rings. The van der Waals surface area contributed by atoms with Gasteiger partial charge in [0, 0.05) is 57.4 Å². The fourth-order valence-corrected chi connectivity index (χ4v) is 3.50. The van der Waals surface area contributed by atoms with Gasteiger partial charge in [0.15, 0.2) is 5.65 Å². The summed E-state index contributed by atoms with van der Waals surface area (Å²) in [6.07, 6.45) is 5.67. The summed E-state index contributed by atoms with van der Waals surface area (Å²) < 4.78 is 1.78. The molecule has 2 heterocycles. The predicted octanol–water partition coefficient (Wildman–Crippen LogP) is 2.64. The number of aliphatic imine (C=N–C) groups is 1. The second-order valence-corrected chi connectivity index (χ2v) is 8.12. The highest BCUT2D eigenvalue weighted by molar-refractivity contribution is 6.07. The number of hydrogen-bond donors (Lipinski definition) is 4. The molecule has 1 aliphatic rings. The zero-order chi connectivity index (χ0) is 23.5. The molecule has 0 atom stereocenters. The number of nitrogens with two attached hydrogens (primary N) is 1. The molecule has 10 nitrogen and oxygen atoms in total. The van der Waals surface area contributed by atoms with Gasteiger partial charge in [-0.3, -0.25) is 9.79 Å². The van der Waals surface area contributed by atoms with Crippen LogP contribution in [0.15, 0.2) is 52.9 Å². The maximum absolute atomic E-state index is 12.8. The Morgan fingerprint density at radius 2 is 1.97 bits per heavy atom. The maximum atomic E-state index is 12.8. The lowest BCUT2D eigenvalue weighted by atomic mass is 10.2. The van der Waals surface area contributed by atoms with Crippen molar-refractivity contribution in [1.29, 1.82) is 0 Å². The van der Waals surface area contributed by atoms with Gasteiger partial charge in [0.2, 0.25) is 0 Å². The van der Waals surface area contributed by atoms with Crippen LogP contribution in [-0.2, 0) is 4.79 Å². The molecule has 1 aliphatic carbocycles. The first kappa shape index (κ1) is 22.1. The maximum Gasteiger partial charge on any atom is 0.273 e. The van der Waals surface area contributed by atoms with E-state index >= 15 is 0 Å². The second-order valence-electron chi connectivity index (χ2n) is 8.12. The summed E-state index contributed by atoms with van der Waals surface area (Å²) in [6, 6.07) is 9.31. The molecular formula is C23H29N9O. The molecule has 1 aromatic carbocycles. The van der Waals surface area contributed by atoms with Crippen molar-refractivity contribution >= 4 is 40.8 Å². The second kappa shape index (κ2) is 9.19. The number of nitrogens with zero attached hydrogens (tertiary/aromatic N) is 5. The van der Waals surface area contributed by atoms with E-state index in [9.17, 15) is 4.79 Å². The average molecular weight is 448 g/mol. The molecular weight excluding hydrogens is 418 g/mol. The minimum atomic E-state index is -0.437. The van der Waals surface area contributed by atoms with Crippen LogP contribution in [0.5, 0.6) is 0 Å². The van der Waals surface area contributed by atoms with Crippen molar-refractivity contribution in [3.63, 3.8) is 0 Å². The zero-order valence-electron chi connectivity index (χ0n) is 19.3. The molecule has 4 rings (SSSR count). The van der Waals surface area contributed by atoms with Crippen LogP contribution in [0.1, 0.15) is 24.3 Å². The summed E-state index contributed by atoms with van der Waals surface area (Å²) in [5.74, 6) is 1.37. The Morgan fingerprint density at radius 1 is 1.24 bits per heavy atom. The van der Waals surface area contributed by atoms with E-state index in [1.807, 2.05) is 62.6 Å². The summed E-state index contributed by atoms with van der Waals surface area (Å²) >= 11 is 0. The lowest BCUT2D eigenvalue weighted by molar-refractivity contribution is -0.112. The van der Waals surface area contributed by atoms with E-state index in [0.717, 1.165) is 35.6 Å². The fraction of sp³-hybridized carbons (Fsp3) is 0.304. The third-order valence-electron chi connectivity index (χ3n) is 5.47. The van der Waals surface area contributed by atoms with E-state index in [4.69, 9.17) is 10.7 Å². The number of fused-ring (bicyclic) bond motifs is 1. The first-order valence-corrected chi connectivity index (χ1v) is 10.8. The topological polar surface area (TPSA) is 125 Å². The van der Waals surface area contributed by atoms with Gasteiger partial charge < -0.3 is 26.6 Å². The Kier molecular flexibility index (Phi) is 6.16. The van der Waals surface area contributed by atoms with E-state index in [-0.39, 0.29) is 5.70 Å². The zero-order valence-corrected chi connectivity index (χ0v) is 19.3.